The molecule has 0 aromatic rings. The fourth-order valence-electron chi connectivity index (χ4n) is 0.820. The van der Waals surface area contributed by atoms with Crippen molar-refractivity contribution >= 4 is 10.1 Å². The molecule has 1 N–H and O–H groups in total. The first-order valence-electron chi connectivity index (χ1n) is 4.16. The standard InChI is InChI=1S/C8H16O3S/c1-2-3-4-5-6-7-8-12(9,10)11/h6-7H,2-5,8H2,1H3,(H,9,10,11). The zero-order valence-corrected chi connectivity index (χ0v) is 8.18. The van der Waals surface area contributed by atoms with Crippen LogP contribution < -0.4 is 0 Å². The fraction of sp³-hybridized carbons (Fsp3) is 0.750. The highest BCUT2D eigenvalue weighted by molar-refractivity contribution is 7.85. The van der Waals surface area contributed by atoms with Gasteiger partial charge < -0.3 is 0 Å². The highest BCUT2D eigenvalue weighted by atomic mass is 32.2. The van der Waals surface area contributed by atoms with Gasteiger partial charge in [-0.3, -0.25) is 4.55 Å². The number of hydrogen-bond acceptors (Lipinski definition) is 2. The number of hydrogen-bond donors (Lipinski definition) is 1. The summed E-state index contributed by atoms with van der Waals surface area (Å²) in [6.45, 7) is 2.11. The van der Waals surface area contributed by atoms with Crippen molar-refractivity contribution in [3.8, 4) is 0 Å². The summed E-state index contributed by atoms with van der Waals surface area (Å²) in [6, 6.07) is 0. The van der Waals surface area contributed by atoms with E-state index >= 15 is 0 Å². The monoisotopic (exact) mass is 192 g/mol. The van der Waals surface area contributed by atoms with Gasteiger partial charge in [-0.15, -0.1) is 0 Å². The van der Waals surface area contributed by atoms with Crippen LogP contribution in [0.3, 0.4) is 0 Å². The Morgan fingerprint density at radius 1 is 1.25 bits per heavy atom. The summed E-state index contributed by atoms with van der Waals surface area (Å²) < 4.78 is 28.8. The number of rotatable bonds is 6. The molecule has 0 spiro atoms. The second-order valence-electron chi connectivity index (χ2n) is 2.72. The van der Waals surface area contributed by atoms with E-state index in [9.17, 15) is 8.42 Å². The van der Waals surface area contributed by atoms with Crippen molar-refractivity contribution in [3.05, 3.63) is 12.2 Å². The van der Waals surface area contributed by atoms with Crippen LogP contribution in [0.1, 0.15) is 32.6 Å². The largest absolute Gasteiger partial charge is 0.285 e. The van der Waals surface area contributed by atoms with Crippen molar-refractivity contribution in [2.24, 2.45) is 0 Å². The summed E-state index contributed by atoms with van der Waals surface area (Å²) in [4.78, 5) is 0. The molecule has 0 saturated heterocycles. The molecule has 12 heavy (non-hydrogen) atoms. The van der Waals surface area contributed by atoms with Gasteiger partial charge in [-0.25, -0.2) is 0 Å². The predicted octanol–water partition coefficient (Wildman–Crippen LogP) is 2.01. The van der Waals surface area contributed by atoms with Gasteiger partial charge in [0.25, 0.3) is 10.1 Å². The van der Waals surface area contributed by atoms with Gasteiger partial charge in [0, 0.05) is 0 Å². The van der Waals surface area contributed by atoms with Gasteiger partial charge in [0.2, 0.25) is 0 Å². The first-order valence-corrected chi connectivity index (χ1v) is 5.77. The van der Waals surface area contributed by atoms with E-state index in [1.165, 1.54) is 6.08 Å². The highest BCUT2D eigenvalue weighted by Gasteiger charge is 1.97. The van der Waals surface area contributed by atoms with E-state index in [1.54, 1.807) is 6.08 Å². The zero-order chi connectivity index (χ0) is 9.45. The van der Waals surface area contributed by atoms with E-state index in [2.05, 4.69) is 6.92 Å². The number of unbranched alkanes of at least 4 members (excludes halogenated alkanes) is 3. The molecule has 0 radical (unpaired) electrons. The Morgan fingerprint density at radius 2 is 1.92 bits per heavy atom. The summed E-state index contributed by atoms with van der Waals surface area (Å²) in [6.07, 6.45) is 7.58. The molecule has 0 unspecified atom stereocenters. The van der Waals surface area contributed by atoms with Crippen LogP contribution in [-0.2, 0) is 10.1 Å². The van der Waals surface area contributed by atoms with E-state index < -0.39 is 10.1 Å². The summed E-state index contributed by atoms with van der Waals surface area (Å²) in [5.41, 5.74) is 0. The minimum absolute atomic E-state index is 0.265. The fourth-order valence-corrected chi connectivity index (χ4v) is 1.20. The van der Waals surface area contributed by atoms with Crippen molar-refractivity contribution in [1.82, 2.24) is 0 Å². The van der Waals surface area contributed by atoms with Crippen LogP contribution in [-0.4, -0.2) is 18.7 Å². The minimum atomic E-state index is -3.80. The average molecular weight is 192 g/mol. The normalized spacial score (nSPS) is 12.5. The van der Waals surface area contributed by atoms with E-state index in [1.807, 2.05) is 0 Å². The van der Waals surface area contributed by atoms with Crippen LogP contribution >= 0.6 is 0 Å². The van der Waals surface area contributed by atoms with Crippen LogP contribution in [0.2, 0.25) is 0 Å². The molecule has 72 valence electrons. The predicted molar refractivity (Wildman–Crippen MR) is 49.7 cm³/mol. The van der Waals surface area contributed by atoms with Crippen LogP contribution in [0.4, 0.5) is 0 Å². The maximum absolute atomic E-state index is 10.2. The maximum Gasteiger partial charge on any atom is 0.268 e. The Morgan fingerprint density at radius 3 is 2.42 bits per heavy atom. The lowest BCUT2D eigenvalue weighted by Gasteiger charge is -1.91. The molecule has 0 saturated carbocycles. The van der Waals surface area contributed by atoms with Gasteiger partial charge in [-0.2, -0.15) is 8.42 Å². The Balaban J connectivity index is 3.39. The Hall–Kier alpha value is -0.350. The minimum Gasteiger partial charge on any atom is -0.285 e. The van der Waals surface area contributed by atoms with Gasteiger partial charge in [0.05, 0.1) is 5.75 Å². The Labute approximate surface area is 74.2 Å². The van der Waals surface area contributed by atoms with Crippen LogP contribution in [0.25, 0.3) is 0 Å². The molecule has 0 aliphatic heterocycles. The van der Waals surface area contributed by atoms with Crippen molar-refractivity contribution in [3.63, 3.8) is 0 Å². The van der Waals surface area contributed by atoms with Gasteiger partial charge in [0.15, 0.2) is 0 Å². The molecule has 0 heterocycles. The van der Waals surface area contributed by atoms with Crippen molar-refractivity contribution in [2.75, 3.05) is 5.75 Å². The van der Waals surface area contributed by atoms with Gasteiger partial charge >= 0.3 is 0 Å². The molecular weight excluding hydrogens is 176 g/mol. The number of allylic oxidation sites excluding steroid dienone is 1. The highest BCUT2D eigenvalue weighted by Crippen LogP contribution is 1.99. The van der Waals surface area contributed by atoms with Gasteiger partial charge in [0.1, 0.15) is 0 Å². The first-order chi connectivity index (χ1) is 5.56. The average Bonchev–Trinajstić information content (AvgIpc) is 1.94. The molecule has 0 rings (SSSR count). The zero-order valence-electron chi connectivity index (χ0n) is 7.36. The third kappa shape index (κ3) is 9.65. The quantitative estimate of drug-likeness (QED) is 0.398. The van der Waals surface area contributed by atoms with E-state index in [0.717, 1.165) is 25.7 Å². The molecule has 3 nitrogen and oxygen atoms in total. The molecule has 0 aromatic carbocycles. The topological polar surface area (TPSA) is 54.4 Å². The van der Waals surface area contributed by atoms with Crippen LogP contribution in [0, 0.1) is 0 Å². The maximum atomic E-state index is 10.2. The van der Waals surface area contributed by atoms with Crippen LogP contribution in [0.5, 0.6) is 0 Å². The lowest BCUT2D eigenvalue weighted by Crippen LogP contribution is -1.99. The second kappa shape index (κ2) is 6.20. The SMILES string of the molecule is CCCCCC=CCS(=O)(=O)O. The molecule has 0 aliphatic rings. The second-order valence-corrected chi connectivity index (χ2v) is 4.21. The molecule has 0 amide bonds. The molecular formula is C8H16O3S. The third-order valence-electron chi connectivity index (χ3n) is 1.45. The Kier molecular flexibility index (Phi) is 6.02. The first kappa shape index (κ1) is 11.6. The summed E-state index contributed by atoms with van der Waals surface area (Å²) in [5, 5.41) is 0. The smallest absolute Gasteiger partial charge is 0.268 e. The molecule has 0 bridgehead atoms. The lowest BCUT2D eigenvalue weighted by molar-refractivity contribution is 0.486. The molecule has 0 fully saturated rings. The van der Waals surface area contributed by atoms with Crippen LogP contribution in [0.15, 0.2) is 12.2 Å². The summed E-state index contributed by atoms with van der Waals surface area (Å²) in [5.74, 6) is -0.265. The van der Waals surface area contributed by atoms with Gasteiger partial charge in [-0.05, 0) is 12.8 Å². The summed E-state index contributed by atoms with van der Waals surface area (Å²) >= 11 is 0. The third-order valence-corrected chi connectivity index (χ3v) is 2.06. The van der Waals surface area contributed by atoms with Crippen molar-refractivity contribution < 1.29 is 13.0 Å². The van der Waals surface area contributed by atoms with Crippen molar-refractivity contribution in [1.29, 1.82) is 0 Å². The molecule has 4 heteroatoms. The van der Waals surface area contributed by atoms with E-state index in [0.29, 0.717) is 0 Å². The molecule has 0 aliphatic carbocycles. The van der Waals surface area contributed by atoms with Gasteiger partial charge in [-0.1, -0.05) is 31.9 Å². The summed E-state index contributed by atoms with van der Waals surface area (Å²) in [7, 11) is -3.80. The molecule has 0 aromatic heterocycles. The molecule has 0 atom stereocenters. The lowest BCUT2D eigenvalue weighted by atomic mass is 10.2. The van der Waals surface area contributed by atoms with E-state index in [4.69, 9.17) is 4.55 Å². The Bertz CT molecular complexity index is 216. The van der Waals surface area contributed by atoms with Crippen molar-refractivity contribution in [2.45, 2.75) is 32.6 Å². The van der Waals surface area contributed by atoms with E-state index in [-0.39, 0.29) is 5.75 Å².